The molecular weight excluding hydrogens is 378 g/mol. The molecule has 3 N–H and O–H groups in total. The first-order valence-electron chi connectivity index (χ1n) is 8.92. The second-order valence-corrected chi connectivity index (χ2v) is 6.75. The topological polar surface area (TPSA) is 132 Å². The van der Waals surface area contributed by atoms with Crippen molar-refractivity contribution in [3.63, 3.8) is 0 Å². The normalized spacial score (nSPS) is 16.0. The van der Waals surface area contributed by atoms with Crippen LogP contribution in [0.4, 0.5) is 11.6 Å². The zero-order valence-corrected chi connectivity index (χ0v) is 16.3. The molecule has 1 aromatic carbocycles. The lowest BCUT2D eigenvalue weighted by molar-refractivity contribution is -0.122. The Hall–Kier alpha value is -3.62. The van der Waals surface area contributed by atoms with Crippen LogP contribution in [0.2, 0.25) is 0 Å². The quantitative estimate of drug-likeness (QED) is 0.713. The molecule has 2 heterocycles. The van der Waals surface area contributed by atoms with E-state index in [1.54, 1.807) is 31.4 Å². The number of furan rings is 1. The average molecular weight is 399 g/mol. The number of Topliss-reactive ketones (excluding diaryl/α,β-unsaturated/α-hetero) is 1. The summed E-state index contributed by atoms with van der Waals surface area (Å²) in [5.41, 5.74) is 5.88. The van der Waals surface area contributed by atoms with Crippen LogP contribution in [0.1, 0.15) is 39.8 Å². The van der Waals surface area contributed by atoms with Crippen LogP contribution in [0.3, 0.4) is 0 Å². The number of carbonyl (C=O) groups is 4. The number of primary amides is 1. The van der Waals surface area contributed by atoms with Crippen LogP contribution in [0.5, 0.6) is 5.75 Å². The number of benzene rings is 1. The highest BCUT2D eigenvalue weighted by atomic mass is 16.5. The molecule has 0 spiro atoms. The van der Waals surface area contributed by atoms with Gasteiger partial charge in [-0.1, -0.05) is 0 Å². The number of rotatable bonds is 6. The largest absolute Gasteiger partial charge is 0.497 e. The lowest BCUT2D eigenvalue weighted by atomic mass is 10.1. The van der Waals surface area contributed by atoms with Crippen LogP contribution >= 0.6 is 0 Å². The smallest absolute Gasteiger partial charge is 0.255 e. The van der Waals surface area contributed by atoms with Crippen LogP contribution in [0, 0.1) is 12.8 Å². The summed E-state index contributed by atoms with van der Waals surface area (Å²) in [7, 11) is 1.55. The van der Waals surface area contributed by atoms with Gasteiger partial charge in [0.25, 0.3) is 5.91 Å². The van der Waals surface area contributed by atoms with Crippen LogP contribution < -0.4 is 20.7 Å². The van der Waals surface area contributed by atoms with E-state index in [0.717, 1.165) is 0 Å². The van der Waals surface area contributed by atoms with E-state index in [9.17, 15) is 19.2 Å². The summed E-state index contributed by atoms with van der Waals surface area (Å²) in [6.07, 6.45) is 0.00300. The number of hydrogen-bond acceptors (Lipinski definition) is 6. The average Bonchev–Trinajstić information content (AvgIpc) is 3.21. The molecule has 1 fully saturated rings. The van der Waals surface area contributed by atoms with E-state index in [-0.39, 0.29) is 41.6 Å². The standard InChI is InChI=1S/C20H21N3O6/c1-10(24)16-11(2)29-20(17(16)18(21)26)22-19(27)12-8-15(25)23(9-12)13-4-6-14(28-3)7-5-13/h4-7,12H,8-9H2,1-3H3,(H2,21,26)(H,22,27). The van der Waals surface area contributed by atoms with Crippen molar-refractivity contribution in [1.29, 1.82) is 0 Å². The first kappa shape index (κ1) is 20.1. The van der Waals surface area contributed by atoms with E-state index >= 15 is 0 Å². The summed E-state index contributed by atoms with van der Waals surface area (Å²) < 4.78 is 10.5. The summed E-state index contributed by atoms with van der Waals surface area (Å²) in [6.45, 7) is 2.95. The van der Waals surface area contributed by atoms with Crippen molar-refractivity contribution >= 4 is 35.1 Å². The van der Waals surface area contributed by atoms with Gasteiger partial charge in [-0.15, -0.1) is 0 Å². The maximum Gasteiger partial charge on any atom is 0.255 e. The highest BCUT2D eigenvalue weighted by Crippen LogP contribution is 2.30. The van der Waals surface area contributed by atoms with Gasteiger partial charge in [0, 0.05) is 18.7 Å². The van der Waals surface area contributed by atoms with Crippen molar-refractivity contribution in [2.24, 2.45) is 11.7 Å². The molecular formula is C20H21N3O6. The van der Waals surface area contributed by atoms with Crippen LogP contribution in [0.25, 0.3) is 0 Å². The molecule has 1 aromatic heterocycles. The number of carbonyl (C=O) groups excluding carboxylic acids is 4. The number of nitrogens with one attached hydrogen (secondary N) is 1. The van der Waals surface area contributed by atoms with E-state index < -0.39 is 23.5 Å². The minimum atomic E-state index is -0.885. The van der Waals surface area contributed by atoms with Crippen LogP contribution in [-0.4, -0.2) is 37.2 Å². The Labute approximate surface area is 166 Å². The summed E-state index contributed by atoms with van der Waals surface area (Å²) >= 11 is 0. The monoisotopic (exact) mass is 399 g/mol. The molecule has 1 unspecified atom stereocenters. The molecule has 1 saturated heterocycles. The molecule has 3 rings (SSSR count). The van der Waals surface area contributed by atoms with Gasteiger partial charge in [0.05, 0.1) is 18.6 Å². The van der Waals surface area contributed by atoms with Crippen molar-refractivity contribution in [3.8, 4) is 5.75 Å². The van der Waals surface area contributed by atoms with E-state index in [4.69, 9.17) is 14.9 Å². The van der Waals surface area contributed by atoms with Crippen molar-refractivity contribution < 1.29 is 28.3 Å². The van der Waals surface area contributed by atoms with Gasteiger partial charge >= 0.3 is 0 Å². The van der Waals surface area contributed by atoms with Crippen molar-refractivity contribution in [2.75, 3.05) is 23.9 Å². The number of ketones is 1. The number of ether oxygens (including phenoxy) is 1. The number of hydrogen-bond donors (Lipinski definition) is 2. The Bertz CT molecular complexity index is 992. The minimum absolute atomic E-state index is 0.00300. The summed E-state index contributed by atoms with van der Waals surface area (Å²) in [4.78, 5) is 50.2. The number of methoxy groups -OCH3 is 1. The van der Waals surface area contributed by atoms with Gasteiger partial charge in [0.2, 0.25) is 17.7 Å². The highest BCUT2D eigenvalue weighted by molar-refractivity contribution is 6.12. The van der Waals surface area contributed by atoms with Crippen LogP contribution in [0.15, 0.2) is 28.7 Å². The summed E-state index contributed by atoms with van der Waals surface area (Å²) in [6, 6.07) is 6.92. The number of aryl methyl sites for hydroxylation is 1. The Morgan fingerprint density at radius 1 is 1.21 bits per heavy atom. The number of nitrogens with zero attached hydrogens (tertiary/aromatic N) is 1. The third-order valence-corrected chi connectivity index (χ3v) is 4.80. The number of amides is 3. The molecule has 0 radical (unpaired) electrons. The zero-order chi connectivity index (χ0) is 21.3. The molecule has 1 atom stereocenters. The van der Waals surface area contributed by atoms with Gasteiger partial charge in [-0.3, -0.25) is 24.5 Å². The fourth-order valence-corrected chi connectivity index (χ4v) is 3.40. The Morgan fingerprint density at radius 3 is 2.41 bits per heavy atom. The first-order valence-corrected chi connectivity index (χ1v) is 8.92. The predicted molar refractivity (Wildman–Crippen MR) is 104 cm³/mol. The molecule has 0 aliphatic carbocycles. The van der Waals surface area contributed by atoms with E-state index in [2.05, 4.69) is 5.32 Å². The van der Waals surface area contributed by atoms with Crippen LogP contribution in [-0.2, 0) is 9.59 Å². The van der Waals surface area contributed by atoms with Gasteiger partial charge in [-0.05, 0) is 38.1 Å². The van der Waals surface area contributed by atoms with Gasteiger partial charge < -0.3 is 19.8 Å². The maximum atomic E-state index is 12.7. The summed E-state index contributed by atoms with van der Waals surface area (Å²) in [5, 5.41) is 2.50. The van der Waals surface area contributed by atoms with Crippen molar-refractivity contribution in [2.45, 2.75) is 20.3 Å². The second kappa shape index (κ2) is 7.78. The zero-order valence-electron chi connectivity index (χ0n) is 16.3. The van der Waals surface area contributed by atoms with Crippen molar-refractivity contribution in [3.05, 3.63) is 41.2 Å². The lowest BCUT2D eigenvalue weighted by Crippen LogP contribution is -2.28. The van der Waals surface area contributed by atoms with Gasteiger partial charge in [-0.25, -0.2) is 0 Å². The van der Waals surface area contributed by atoms with Gasteiger partial charge in [-0.2, -0.15) is 0 Å². The first-order chi connectivity index (χ1) is 13.7. The third kappa shape index (κ3) is 3.84. The Balaban J connectivity index is 1.78. The molecule has 0 bridgehead atoms. The molecule has 3 amide bonds. The molecule has 9 nitrogen and oxygen atoms in total. The minimum Gasteiger partial charge on any atom is -0.497 e. The van der Waals surface area contributed by atoms with Gasteiger partial charge in [0.15, 0.2) is 5.78 Å². The Kier molecular flexibility index (Phi) is 5.40. The molecule has 9 heteroatoms. The maximum absolute atomic E-state index is 12.7. The lowest BCUT2D eigenvalue weighted by Gasteiger charge is -2.17. The van der Waals surface area contributed by atoms with E-state index in [1.165, 1.54) is 18.7 Å². The fourth-order valence-electron chi connectivity index (χ4n) is 3.40. The number of anilines is 2. The SMILES string of the molecule is COc1ccc(N2CC(C(=O)Nc3oc(C)c(C(C)=O)c3C(N)=O)CC2=O)cc1. The summed E-state index contributed by atoms with van der Waals surface area (Å²) in [5.74, 6) is -1.98. The molecule has 0 saturated carbocycles. The molecule has 1 aliphatic rings. The van der Waals surface area contributed by atoms with E-state index in [0.29, 0.717) is 11.4 Å². The second-order valence-electron chi connectivity index (χ2n) is 6.75. The van der Waals surface area contributed by atoms with Crippen molar-refractivity contribution in [1.82, 2.24) is 0 Å². The predicted octanol–water partition coefficient (Wildman–Crippen LogP) is 1.89. The highest BCUT2D eigenvalue weighted by Gasteiger charge is 2.36. The number of nitrogens with two attached hydrogens (primary N) is 1. The van der Waals surface area contributed by atoms with Gasteiger partial charge in [0.1, 0.15) is 17.1 Å². The molecule has 152 valence electrons. The fraction of sp³-hybridized carbons (Fsp3) is 0.300. The molecule has 29 heavy (non-hydrogen) atoms. The van der Waals surface area contributed by atoms with E-state index in [1.807, 2.05) is 0 Å². The Morgan fingerprint density at radius 2 is 1.86 bits per heavy atom. The molecule has 2 aromatic rings. The molecule has 1 aliphatic heterocycles. The third-order valence-electron chi connectivity index (χ3n) is 4.80.